The second-order valence-corrected chi connectivity index (χ2v) is 10.3. The average molecular weight is 469 g/mol. The van der Waals surface area contributed by atoms with Crippen molar-refractivity contribution in [2.24, 2.45) is 11.7 Å². The van der Waals surface area contributed by atoms with E-state index in [0.29, 0.717) is 30.5 Å². The number of nitrogens with two attached hydrogens (primary N) is 1. The second kappa shape index (κ2) is 10.0. The van der Waals surface area contributed by atoms with E-state index in [9.17, 15) is 14.4 Å². The van der Waals surface area contributed by atoms with Crippen LogP contribution in [-0.4, -0.2) is 60.5 Å². The van der Waals surface area contributed by atoms with E-state index in [4.69, 9.17) is 10.5 Å². The van der Waals surface area contributed by atoms with E-state index in [1.165, 1.54) is 0 Å². The van der Waals surface area contributed by atoms with Crippen molar-refractivity contribution >= 4 is 23.4 Å². The highest BCUT2D eigenvalue weighted by atomic mass is 16.5. The van der Waals surface area contributed by atoms with E-state index in [2.05, 4.69) is 16.3 Å². The molecule has 1 aromatic carbocycles. The minimum Gasteiger partial charge on any atom is -0.381 e. The van der Waals surface area contributed by atoms with Crippen molar-refractivity contribution in [2.75, 3.05) is 24.7 Å². The van der Waals surface area contributed by atoms with Gasteiger partial charge in [0.25, 0.3) is 5.91 Å². The third-order valence-corrected chi connectivity index (χ3v) is 8.17. The van der Waals surface area contributed by atoms with E-state index in [-0.39, 0.29) is 30.2 Å². The molecule has 0 aromatic heterocycles. The van der Waals surface area contributed by atoms with Crippen LogP contribution in [0.2, 0.25) is 0 Å². The second-order valence-electron chi connectivity index (χ2n) is 10.3. The fourth-order valence-electron chi connectivity index (χ4n) is 6.11. The smallest absolute Gasteiger partial charge is 0.255 e. The predicted molar refractivity (Wildman–Crippen MR) is 128 cm³/mol. The third kappa shape index (κ3) is 4.70. The van der Waals surface area contributed by atoms with Crippen LogP contribution in [-0.2, 0) is 20.9 Å². The van der Waals surface area contributed by atoms with Crippen LogP contribution < -0.4 is 16.0 Å². The highest BCUT2D eigenvalue weighted by molar-refractivity contribution is 6.06. The van der Waals surface area contributed by atoms with Crippen molar-refractivity contribution in [3.05, 3.63) is 29.3 Å². The largest absolute Gasteiger partial charge is 0.381 e. The fourth-order valence-corrected chi connectivity index (χ4v) is 6.11. The Morgan fingerprint density at radius 1 is 1.03 bits per heavy atom. The number of hydrogen-bond acceptors (Lipinski definition) is 6. The number of piperidine rings is 1. The number of carbonyl (C=O) groups is 3. The Morgan fingerprint density at radius 2 is 1.79 bits per heavy atom. The Kier molecular flexibility index (Phi) is 6.88. The van der Waals surface area contributed by atoms with Gasteiger partial charge in [0, 0.05) is 61.6 Å². The number of nitrogens with zero attached hydrogens (tertiary/aromatic N) is 2. The maximum absolute atomic E-state index is 13.3. The molecular formula is C26H36N4O4. The lowest BCUT2D eigenvalue weighted by molar-refractivity contribution is -0.136. The quantitative estimate of drug-likeness (QED) is 0.621. The summed E-state index contributed by atoms with van der Waals surface area (Å²) < 4.78 is 5.55. The van der Waals surface area contributed by atoms with Crippen LogP contribution in [0.3, 0.4) is 0 Å². The molecule has 1 saturated carbocycles. The first-order chi connectivity index (χ1) is 16.5. The lowest BCUT2D eigenvalue weighted by Crippen LogP contribution is -2.52. The molecule has 184 valence electrons. The number of hydrogen-bond donors (Lipinski definition) is 2. The molecule has 8 heteroatoms. The Hall–Kier alpha value is -2.45. The number of anilines is 1. The molecule has 1 unspecified atom stereocenters. The highest BCUT2D eigenvalue weighted by Crippen LogP contribution is 2.37. The summed E-state index contributed by atoms with van der Waals surface area (Å²) in [7, 11) is 0. The number of amides is 3. The molecule has 5 rings (SSSR count). The summed E-state index contributed by atoms with van der Waals surface area (Å²) in [4.78, 5) is 41.6. The third-order valence-electron chi connectivity index (χ3n) is 8.17. The first kappa shape index (κ1) is 23.3. The van der Waals surface area contributed by atoms with Gasteiger partial charge in [-0.3, -0.25) is 19.7 Å². The molecule has 3 amide bonds. The zero-order valence-corrected chi connectivity index (χ0v) is 19.8. The van der Waals surface area contributed by atoms with Gasteiger partial charge in [-0.25, -0.2) is 0 Å². The average Bonchev–Trinajstić information content (AvgIpc) is 3.18. The van der Waals surface area contributed by atoms with E-state index >= 15 is 0 Å². The summed E-state index contributed by atoms with van der Waals surface area (Å²) >= 11 is 0. The summed E-state index contributed by atoms with van der Waals surface area (Å²) in [6.07, 6.45) is 8.14. The summed E-state index contributed by atoms with van der Waals surface area (Å²) in [6.45, 7) is 3.06. The van der Waals surface area contributed by atoms with Gasteiger partial charge in [-0.2, -0.15) is 0 Å². The van der Waals surface area contributed by atoms with Crippen molar-refractivity contribution in [2.45, 2.75) is 82.5 Å². The molecule has 1 aromatic rings. The number of carbonyl (C=O) groups excluding carboxylic acids is 3. The molecule has 3 aliphatic heterocycles. The van der Waals surface area contributed by atoms with E-state index in [1.54, 1.807) is 4.90 Å². The van der Waals surface area contributed by atoms with Crippen LogP contribution in [0.1, 0.15) is 73.7 Å². The van der Waals surface area contributed by atoms with Crippen LogP contribution in [0.15, 0.2) is 18.2 Å². The van der Waals surface area contributed by atoms with Gasteiger partial charge in [0.05, 0.1) is 0 Å². The molecular weight excluding hydrogens is 432 g/mol. The van der Waals surface area contributed by atoms with E-state index in [0.717, 1.165) is 76.0 Å². The molecule has 0 bridgehead atoms. The number of rotatable bonds is 6. The van der Waals surface area contributed by atoms with Gasteiger partial charge in [0.1, 0.15) is 6.04 Å². The molecule has 3 heterocycles. The number of benzene rings is 1. The predicted octanol–water partition coefficient (Wildman–Crippen LogP) is 2.34. The Balaban J connectivity index is 1.40. The molecule has 0 spiro atoms. The van der Waals surface area contributed by atoms with Gasteiger partial charge in [0.15, 0.2) is 0 Å². The van der Waals surface area contributed by atoms with Gasteiger partial charge in [0.2, 0.25) is 11.8 Å². The monoisotopic (exact) mass is 468 g/mol. The summed E-state index contributed by atoms with van der Waals surface area (Å²) in [6, 6.07) is 6.08. The number of nitrogens with one attached hydrogen (secondary N) is 1. The van der Waals surface area contributed by atoms with Gasteiger partial charge in [-0.1, -0.05) is 6.07 Å². The maximum atomic E-state index is 13.3. The molecule has 3 N–H and O–H groups in total. The van der Waals surface area contributed by atoms with Crippen LogP contribution in [0.5, 0.6) is 0 Å². The molecule has 0 radical (unpaired) electrons. The molecule has 34 heavy (non-hydrogen) atoms. The number of imide groups is 1. The zero-order valence-electron chi connectivity index (χ0n) is 19.8. The van der Waals surface area contributed by atoms with Crippen LogP contribution in [0.25, 0.3) is 0 Å². The van der Waals surface area contributed by atoms with Crippen LogP contribution in [0.4, 0.5) is 5.69 Å². The lowest BCUT2D eigenvalue weighted by Gasteiger charge is -2.39. The van der Waals surface area contributed by atoms with Crippen molar-refractivity contribution in [1.29, 1.82) is 0 Å². The van der Waals surface area contributed by atoms with Crippen molar-refractivity contribution in [3.8, 4) is 0 Å². The van der Waals surface area contributed by atoms with Crippen molar-refractivity contribution < 1.29 is 19.1 Å². The summed E-state index contributed by atoms with van der Waals surface area (Å²) in [5.74, 6) is -0.0700. The minimum atomic E-state index is -0.589. The summed E-state index contributed by atoms with van der Waals surface area (Å²) in [5.41, 5.74) is 9.03. The van der Waals surface area contributed by atoms with Crippen LogP contribution >= 0.6 is 0 Å². The highest BCUT2D eigenvalue weighted by Gasteiger charge is 2.41. The van der Waals surface area contributed by atoms with Gasteiger partial charge >= 0.3 is 0 Å². The standard InChI is InChI=1S/C26H36N4O4/c27-18-4-6-19(7-5-18)29(13-10-17-11-14-34-15-12-17)22-3-1-2-20-21(22)16-30(26(20)33)23-8-9-24(31)28-25(23)32/h1-3,17-19,23H,4-16,27H2,(H,28,31,32). The lowest BCUT2D eigenvalue weighted by atomic mass is 9.89. The molecule has 8 nitrogen and oxygen atoms in total. The number of fused-ring (bicyclic) bond motifs is 1. The number of ether oxygens (including phenoxy) is 1. The molecule has 2 saturated heterocycles. The zero-order chi connectivity index (χ0) is 23.7. The topological polar surface area (TPSA) is 105 Å². The van der Waals surface area contributed by atoms with E-state index < -0.39 is 6.04 Å². The van der Waals surface area contributed by atoms with Gasteiger partial charge in [-0.05, 0) is 69.4 Å². The van der Waals surface area contributed by atoms with E-state index in [1.807, 2.05) is 12.1 Å². The Bertz CT molecular complexity index is 937. The molecule has 1 atom stereocenters. The normalized spacial score (nSPS) is 28.1. The first-order valence-corrected chi connectivity index (χ1v) is 12.9. The van der Waals surface area contributed by atoms with Gasteiger partial charge in [-0.15, -0.1) is 0 Å². The first-order valence-electron chi connectivity index (χ1n) is 12.9. The minimum absolute atomic E-state index is 0.110. The van der Waals surface area contributed by atoms with Crippen molar-refractivity contribution in [1.82, 2.24) is 10.2 Å². The summed E-state index contributed by atoms with van der Waals surface area (Å²) in [5, 5.41) is 2.40. The molecule has 1 aliphatic carbocycles. The molecule has 4 aliphatic rings. The SMILES string of the molecule is NC1CCC(N(CCC2CCOCC2)c2cccc3c2CN(C2CCC(=O)NC2=O)C3=O)CC1. The Labute approximate surface area is 201 Å². The molecule has 3 fully saturated rings. The fraction of sp³-hybridized carbons (Fsp3) is 0.654. The van der Waals surface area contributed by atoms with Crippen molar-refractivity contribution in [3.63, 3.8) is 0 Å². The van der Waals surface area contributed by atoms with Crippen LogP contribution in [0, 0.1) is 5.92 Å². The maximum Gasteiger partial charge on any atom is 0.255 e. The Morgan fingerprint density at radius 3 is 2.53 bits per heavy atom. The van der Waals surface area contributed by atoms with Gasteiger partial charge < -0.3 is 20.3 Å².